The largest absolute Gasteiger partial charge is 0.462 e. The maximum absolute atomic E-state index is 12.8. The van der Waals surface area contributed by atoms with Crippen molar-refractivity contribution in [3.05, 3.63) is 58.3 Å². The fourth-order valence-corrected chi connectivity index (χ4v) is 3.64. The van der Waals surface area contributed by atoms with Gasteiger partial charge in [0.2, 0.25) is 0 Å². The van der Waals surface area contributed by atoms with E-state index in [1.54, 1.807) is 38.1 Å². The Labute approximate surface area is 154 Å². The van der Waals surface area contributed by atoms with Gasteiger partial charge in [0.1, 0.15) is 13.2 Å². The van der Waals surface area contributed by atoms with Crippen LogP contribution in [0.25, 0.3) is 20.2 Å². The first-order chi connectivity index (χ1) is 12.5. The zero-order chi connectivity index (χ0) is 18.7. The van der Waals surface area contributed by atoms with Crippen molar-refractivity contribution < 1.29 is 19.1 Å². The summed E-state index contributed by atoms with van der Waals surface area (Å²) in [4.78, 5) is 36.7. The maximum Gasteiger partial charge on any atom is 0.339 e. The molecule has 0 fully saturated rings. The van der Waals surface area contributed by atoms with Gasteiger partial charge >= 0.3 is 11.9 Å². The molecule has 3 rings (SSSR count). The molecule has 0 radical (unpaired) electrons. The summed E-state index contributed by atoms with van der Waals surface area (Å²) in [5, 5.41) is 0.941. The van der Waals surface area contributed by atoms with E-state index in [0.29, 0.717) is 10.8 Å². The van der Waals surface area contributed by atoms with E-state index in [1.165, 1.54) is 11.3 Å². The highest BCUT2D eigenvalue weighted by Gasteiger charge is 2.16. The van der Waals surface area contributed by atoms with Gasteiger partial charge in [-0.3, -0.25) is 9.59 Å². The molecule has 1 heterocycles. The Morgan fingerprint density at radius 1 is 0.962 bits per heavy atom. The molecule has 0 spiro atoms. The fourth-order valence-electron chi connectivity index (χ4n) is 2.54. The lowest BCUT2D eigenvalue weighted by atomic mass is 10.1. The predicted molar refractivity (Wildman–Crippen MR) is 102 cm³/mol. The molecule has 0 aliphatic heterocycles. The molecule has 3 aromatic rings. The van der Waals surface area contributed by atoms with Crippen LogP contribution < -0.4 is 5.43 Å². The first kappa shape index (κ1) is 18.1. The highest BCUT2D eigenvalue weighted by molar-refractivity contribution is 7.24. The quantitative estimate of drug-likeness (QED) is 0.388. The van der Waals surface area contributed by atoms with Crippen molar-refractivity contribution in [3.63, 3.8) is 0 Å². The first-order valence-electron chi connectivity index (χ1n) is 8.27. The van der Waals surface area contributed by atoms with E-state index in [-0.39, 0.29) is 36.1 Å². The Kier molecular flexibility index (Phi) is 5.32. The minimum atomic E-state index is -0.601. The summed E-state index contributed by atoms with van der Waals surface area (Å²) in [6.45, 7) is 3.39. The Morgan fingerprint density at radius 2 is 1.65 bits per heavy atom. The summed E-state index contributed by atoms with van der Waals surface area (Å²) < 4.78 is 11.8. The predicted octanol–water partition coefficient (Wildman–Crippen LogP) is 3.77. The summed E-state index contributed by atoms with van der Waals surface area (Å²) in [5.74, 6) is -1.18. The number of ether oxygens (including phenoxy) is 2. The second kappa shape index (κ2) is 7.66. The minimum Gasteiger partial charge on any atom is -0.462 e. The van der Waals surface area contributed by atoms with Crippen LogP contribution in [0, 0.1) is 5.92 Å². The Morgan fingerprint density at radius 3 is 2.42 bits per heavy atom. The molecule has 0 saturated carbocycles. The molecule has 1 aromatic heterocycles. The third-order valence-electron chi connectivity index (χ3n) is 3.86. The van der Waals surface area contributed by atoms with Crippen LogP contribution in [0.4, 0.5) is 0 Å². The standard InChI is InChI=1S/C20H18O5S/c1-12(2)19(22)24-10-11-25-20(23)14-7-5-9-16-17(14)18(21)13-6-3-4-8-15(13)26-16/h3-9,12H,10-11H2,1-2H3. The highest BCUT2D eigenvalue weighted by Crippen LogP contribution is 2.26. The number of carbonyl (C=O) groups is 2. The van der Waals surface area contributed by atoms with Gasteiger partial charge in [0.15, 0.2) is 5.43 Å². The summed E-state index contributed by atoms with van der Waals surface area (Å²) in [6, 6.07) is 12.4. The van der Waals surface area contributed by atoms with Crippen LogP contribution in [0.1, 0.15) is 24.2 Å². The molecule has 0 aliphatic rings. The van der Waals surface area contributed by atoms with E-state index in [2.05, 4.69) is 0 Å². The molecule has 5 nitrogen and oxygen atoms in total. The lowest BCUT2D eigenvalue weighted by molar-refractivity contribution is -0.148. The van der Waals surface area contributed by atoms with Crippen molar-refractivity contribution in [1.82, 2.24) is 0 Å². The normalized spacial score (nSPS) is 11.0. The molecule has 0 unspecified atom stereocenters. The van der Waals surface area contributed by atoms with Gasteiger partial charge in [-0.15, -0.1) is 11.3 Å². The topological polar surface area (TPSA) is 69.7 Å². The number of hydrogen-bond donors (Lipinski definition) is 0. The van der Waals surface area contributed by atoms with Gasteiger partial charge in [-0.1, -0.05) is 32.0 Å². The smallest absolute Gasteiger partial charge is 0.339 e. The molecule has 0 amide bonds. The van der Waals surface area contributed by atoms with Gasteiger partial charge in [-0.2, -0.15) is 0 Å². The summed E-state index contributed by atoms with van der Waals surface area (Å²) in [5.41, 5.74) is 0.0397. The van der Waals surface area contributed by atoms with Gasteiger partial charge in [-0.05, 0) is 24.3 Å². The molecule has 2 aromatic carbocycles. The summed E-state index contributed by atoms with van der Waals surface area (Å²) >= 11 is 1.46. The summed E-state index contributed by atoms with van der Waals surface area (Å²) in [7, 11) is 0. The van der Waals surface area contributed by atoms with Crippen molar-refractivity contribution in [2.24, 2.45) is 5.92 Å². The van der Waals surface area contributed by atoms with Crippen molar-refractivity contribution in [3.8, 4) is 0 Å². The van der Waals surface area contributed by atoms with Crippen LogP contribution in [0.3, 0.4) is 0 Å². The van der Waals surface area contributed by atoms with Crippen LogP contribution in [0.5, 0.6) is 0 Å². The van der Waals surface area contributed by atoms with Gasteiger partial charge in [0, 0.05) is 14.8 Å². The average Bonchev–Trinajstić information content (AvgIpc) is 2.64. The van der Waals surface area contributed by atoms with Crippen molar-refractivity contribution in [2.45, 2.75) is 13.8 Å². The van der Waals surface area contributed by atoms with Crippen molar-refractivity contribution in [2.75, 3.05) is 13.2 Å². The van der Waals surface area contributed by atoms with E-state index in [1.807, 2.05) is 18.2 Å². The SMILES string of the molecule is CC(C)C(=O)OCCOC(=O)c1cccc2sc3ccccc3c(=O)c12. The van der Waals surface area contributed by atoms with Crippen LogP contribution in [-0.4, -0.2) is 25.2 Å². The molecular formula is C20H18O5S. The lowest BCUT2D eigenvalue weighted by Crippen LogP contribution is -2.18. The zero-order valence-corrected chi connectivity index (χ0v) is 15.3. The van der Waals surface area contributed by atoms with Crippen LogP contribution in [0.15, 0.2) is 47.3 Å². The Hall–Kier alpha value is -2.73. The average molecular weight is 370 g/mol. The van der Waals surface area contributed by atoms with E-state index in [9.17, 15) is 14.4 Å². The lowest BCUT2D eigenvalue weighted by Gasteiger charge is -2.09. The number of fused-ring (bicyclic) bond motifs is 2. The monoisotopic (exact) mass is 370 g/mol. The number of hydrogen-bond acceptors (Lipinski definition) is 6. The third-order valence-corrected chi connectivity index (χ3v) is 4.99. The molecule has 134 valence electrons. The van der Waals surface area contributed by atoms with E-state index in [0.717, 1.165) is 9.40 Å². The van der Waals surface area contributed by atoms with Crippen LogP contribution in [-0.2, 0) is 14.3 Å². The second-order valence-electron chi connectivity index (χ2n) is 6.06. The third kappa shape index (κ3) is 3.60. The van der Waals surface area contributed by atoms with Gasteiger partial charge in [-0.25, -0.2) is 4.79 Å². The van der Waals surface area contributed by atoms with E-state index >= 15 is 0 Å². The number of rotatable bonds is 5. The molecule has 26 heavy (non-hydrogen) atoms. The highest BCUT2D eigenvalue weighted by atomic mass is 32.1. The Bertz CT molecular complexity index is 1040. The van der Waals surface area contributed by atoms with E-state index in [4.69, 9.17) is 9.47 Å². The van der Waals surface area contributed by atoms with Crippen LogP contribution >= 0.6 is 11.3 Å². The van der Waals surface area contributed by atoms with Gasteiger partial charge in [0.25, 0.3) is 0 Å². The van der Waals surface area contributed by atoms with Gasteiger partial charge < -0.3 is 9.47 Å². The molecule has 0 atom stereocenters. The molecule has 0 bridgehead atoms. The molecule has 6 heteroatoms. The van der Waals surface area contributed by atoms with Gasteiger partial charge in [0.05, 0.1) is 16.9 Å². The number of esters is 2. The van der Waals surface area contributed by atoms with E-state index < -0.39 is 5.97 Å². The molecule has 0 aliphatic carbocycles. The summed E-state index contributed by atoms with van der Waals surface area (Å²) in [6.07, 6.45) is 0. The minimum absolute atomic E-state index is 0.0106. The number of carbonyl (C=O) groups excluding carboxylic acids is 2. The molecular weight excluding hydrogens is 352 g/mol. The van der Waals surface area contributed by atoms with Crippen molar-refractivity contribution in [1.29, 1.82) is 0 Å². The number of benzene rings is 2. The molecule has 0 saturated heterocycles. The maximum atomic E-state index is 12.8. The fraction of sp³-hybridized carbons (Fsp3) is 0.250. The zero-order valence-electron chi connectivity index (χ0n) is 14.5. The Balaban J connectivity index is 1.86. The van der Waals surface area contributed by atoms with Crippen molar-refractivity contribution >= 4 is 43.4 Å². The first-order valence-corrected chi connectivity index (χ1v) is 9.09. The molecule has 0 N–H and O–H groups in total. The second-order valence-corrected chi connectivity index (χ2v) is 7.15. The van der Waals surface area contributed by atoms with Crippen LogP contribution in [0.2, 0.25) is 0 Å².